The molecule has 0 bridgehead atoms. The van der Waals surface area contributed by atoms with Crippen LogP contribution in [0.2, 0.25) is 0 Å². The number of unbranched alkanes of at least 4 members (excludes halogenated alkanes) is 3. The van der Waals surface area contributed by atoms with Gasteiger partial charge in [-0.15, -0.1) is 0 Å². The van der Waals surface area contributed by atoms with Gasteiger partial charge in [-0.3, -0.25) is 9.59 Å². The Bertz CT molecular complexity index is 468. The number of hydrogen-bond donors (Lipinski definition) is 2. The van der Waals surface area contributed by atoms with Crippen LogP contribution in [-0.4, -0.2) is 62.0 Å². The lowest BCUT2D eigenvalue weighted by Crippen LogP contribution is -2.50. The fourth-order valence-electron chi connectivity index (χ4n) is 3.15. The number of nitrogens with zero attached hydrogens (tertiary/aromatic N) is 1. The van der Waals surface area contributed by atoms with Gasteiger partial charge in [-0.1, -0.05) is 20.8 Å². The molecule has 0 aromatic carbocycles. The number of amides is 1. The monoisotopic (exact) mass is 398 g/mol. The predicted molar refractivity (Wildman–Crippen MR) is 119 cm³/mol. The summed E-state index contributed by atoms with van der Waals surface area (Å²) < 4.78 is 0.981. The molecular weight excluding hydrogens is 350 g/mol. The molecule has 0 fully saturated rings. The van der Waals surface area contributed by atoms with Crippen LogP contribution in [0.5, 0.6) is 0 Å². The van der Waals surface area contributed by atoms with E-state index in [1.165, 1.54) is 6.42 Å². The Hall–Kier alpha value is -0.940. The second-order valence-electron chi connectivity index (χ2n) is 11.2. The molecule has 0 aliphatic heterocycles. The summed E-state index contributed by atoms with van der Waals surface area (Å²) in [4.78, 5) is 24.7. The van der Waals surface area contributed by atoms with Gasteiger partial charge in [0.2, 0.25) is 5.91 Å². The van der Waals surface area contributed by atoms with Gasteiger partial charge in [0.05, 0.1) is 33.7 Å². The molecule has 1 amide bonds. The number of rotatable bonds is 13. The third-order valence-corrected chi connectivity index (χ3v) is 4.64. The van der Waals surface area contributed by atoms with Crippen molar-refractivity contribution in [2.45, 2.75) is 98.1 Å². The predicted octanol–water partition coefficient (Wildman–Crippen LogP) is 3.91. The topological polar surface area (TPSA) is 58.2 Å². The molecule has 2 N–H and O–H groups in total. The van der Waals surface area contributed by atoms with Crippen LogP contribution >= 0.6 is 0 Å². The van der Waals surface area contributed by atoms with Gasteiger partial charge in [0.1, 0.15) is 0 Å². The first-order valence-corrected chi connectivity index (χ1v) is 11.0. The average Bonchev–Trinajstić information content (AvgIpc) is 2.49. The van der Waals surface area contributed by atoms with Gasteiger partial charge < -0.3 is 15.1 Å². The molecule has 5 nitrogen and oxygen atoms in total. The second kappa shape index (κ2) is 11.9. The molecule has 0 radical (unpaired) electrons. The fraction of sp³-hybridized carbons (Fsp3) is 0.913. The van der Waals surface area contributed by atoms with Gasteiger partial charge >= 0.3 is 0 Å². The molecule has 0 heterocycles. The standard InChI is InChI=1S/C23H47N3O2/c1-22(2,3)21(28)19(25-23(4,5)6)15-12-13-17-24-20(27)16-11-10-14-18-26(7,8)9/h19,25H,10-18H2,1-9H3/p+1. The largest absolute Gasteiger partial charge is 0.356 e. The van der Waals surface area contributed by atoms with Crippen molar-refractivity contribution in [3.8, 4) is 0 Å². The van der Waals surface area contributed by atoms with E-state index < -0.39 is 0 Å². The zero-order chi connectivity index (χ0) is 22.0. The normalized spacial score (nSPS) is 14.0. The van der Waals surface area contributed by atoms with Crippen molar-refractivity contribution < 1.29 is 14.1 Å². The van der Waals surface area contributed by atoms with E-state index in [2.05, 4.69) is 52.5 Å². The van der Waals surface area contributed by atoms with E-state index in [4.69, 9.17) is 0 Å². The van der Waals surface area contributed by atoms with Crippen LogP contribution in [0.4, 0.5) is 0 Å². The summed E-state index contributed by atoms with van der Waals surface area (Å²) in [6.45, 7) is 14.1. The Morgan fingerprint density at radius 1 is 0.857 bits per heavy atom. The van der Waals surface area contributed by atoms with E-state index in [0.29, 0.717) is 13.0 Å². The summed E-state index contributed by atoms with van der Waals surface area (Å²) >= 11 is 0. The number of quaternary nitrogens is 1. The molecule has 0 saturated carbocycles. The molecule has 0 rings (SSSR count). The number of carbonyl (C=O) groups excluding carboxylic acids is 2. The zero-order valence-electron chi connectivity index (χ0n) is 20.2. The highest BCUT2D eigenvalue weighted by Crippen LogP contribution is 2.21. The Morgan fingerprint density at radius 2 is 1.46 bits per heavy atom. The van der Waals surface area contributed by atoms with Crippen molar-refractivity contribution in [1.82, 2.24) is 10.6 Å². The molecule has 28 heavy (non-hydrogen) atoms. The smallest absolute Gasteiger partial charge is 0.219 e. The zero-order valence-corrected chi connectivity index (χ0v) is 20.2. The first-order valence-electron chi connectivity index (χ1n) is 11.0. The van der Waals surface area contributed by atoms with Crippen molar-refractivity contribution >= 4 is 11.7 Å². The molecule has 0 aromatic heterocycles. The molecule has 0 saturated heterocycles. The van der Waals surface area contributed by atoms with Crippen LogP contribution in [0.25, 0.3) is 0 Å². The Balaban J connectivity index is 4.06. The lowest BCUT2D eigenvalue weighted by molar-refractivity contribution is -0.870. The molecule has 0 spiro atoms. The van der Waals surface area contributed by atoms with Crippen LogP contribution in [0.15, 0.2) is 0 Å². The highest BCUT2D eigenvalue weighted by molar-refractivity contribution is 5.88. The van der Waals surface area contributed by atoms with Gasteiger partial charge in [-0.25, -0.2) is 0 Å². The first-order chi connectivity index (χ1) is 12.6. The van der Waals surface area contributed by atoms with Gasteiger partial charge in [-0.2, -0.15) is 0 Å². The molecule has 1 atom stereocenters. The SMILES string of the molecule is CC(C)(C)NC(CCCCNC(=O)CCCCC[N+](C)(C)C)C(=O)C(C)(C)C. The molecule has 5 heteroatoms. The highest BCUT2D eigenvalue weighted by Gasteiger charge is 2.31. The third-order valence-electron chi connectivity index (χ3n) is 4.64. The maximum Gasteiger partial charge on any atom is 0.219 e. The van der Waals surface area contributed by atoms with Crippen LogP contribution in [-0.2, 0) is 9.59 Å². The molecule has 0 aliphatic rings. The Labute approximate surface area is 174 Å². The van der Waals surface area contributed by atoms with E-state index in [1.54, 1.807) is 0 Å². The van der Waals surface area contributed by atoms with Crippen molar-refractivity contribution in [3.63, 3.8) is 0 Å². The number of carbonyl (C=O) groups is 2. The van der Waals surface area contributed by atoms with E-state index in [9.17, 15) is 9.59 Å². The first kappa shape index (κ1) is 27.1. The lowest BCUT2D eigenvalue weighted by Gasteiger charge is -2.31. The summed E-state index contributed by atoms with van der Waals surface area (Å²) in [5, 5.41) is 6.50. The van der Waals surface area contributed by atoms with E-state index >= 15 is 0 Å². The quantitative estimate of drug-likeness (QED) is 0.365. The van der Waals surface area contributed by atoms with Crippen molar-refractivity contribution in [3.05, 3.63) is 0 Å². The van der Waals surface area contributed by atoms with E-state index in [1.807, 2.05) is 20.8 Å². The van der Waals surface area contributed by atoms with E-state index in [0.717, 1.165) is 43.1 Å². The maximum absolute atomic E-state index is 12.7. The van der Waals surface area contributed by atoms with Gasteiger partial charge in [0, 0.05) is 23.9 Å². The third kappa shape index (κ3) is 15.0. The highest BCUT2D eigenvalue weighted by atomic mass is 16.1. The van der Waals surface area contributed by atoms with Crippen LogP contribution in [0.1, 0.15) is 86.5 Å². The number of nitrogens with one attached hydrogen (secondary N) is 2. The Morgan fingerprint density at radius 3 is 1.96 bits per heavy atom. The average molecular weight is 399 g/mol. The molecule has 0 aromatic rings. The number of hydrogen-bond acceptors (Lipinski definition) is 3. The summed E-state index contributed by atoms with van der Waals surface area (Å²) in [5.41, 5.74) is -0.436. The minimum absolute atomic E-state index is 0.0916. The molecule has 0 aliphatic carbocycles. The van der Waals surface area contributed by atoms with Gasteiger partial charge in [-0.05, 0) is 59.3 Å². The number of ketones is 1. The van der Waals surface area contributed by atoms with Crippen molar-refractivity contribution in [2.24, 2.45) is 5.41 Å². The molecular formula is C23H48N3O2+. The van der Waals surface area contributed by atoms with Crippen molar-refractivity contribution in [1.29, 1.82) is 0 Å². The van der Waals surface area contributed by atoms with E-state index in [-0.39, 0.29) is 28.7 Å². The summed E-state index contributed by atoms with van der Waals surface area (Å²) in [6.07, 6.45) is 6.51. The summed E-state index contributed by atoms with van der Waals surface area (Å²) in [7, 11) is 6.59. The molecule has 1 unspecified atom stereocenters. The Kier molecular flexibility index (Phi) is 11.5. The van der Waals surface area contributed by atoms with Gasteiger partial charge in [0.15, 0.2) is 5.78 Å². The summed E-state index contributed by atoms with van der Waals surface area (Å²) in [5.74, 6) is 0.417. The minimum atomic E-state index is -0.344. The maximum atomic E-state index is 12.7. The minimum Gasteiger partial charge on any atom is -0.356 e. The van der Waals surface area contributed by atoms with Crippen LogP contribution < -0.4 is 10.6 Å². The second-order valence-corrected chi connectivity index (χ2v) is 11.2. The molecule has 166 valence electrons. The number of Topliss-reactive ketones (excluding diaryl/α,β-unsaturated/α-hetero) is 1. The summed E-state index contributed by atoms with van der Waals surface area (Å²) in [6, 6.07) is -0.128. The fourth-order valence-corrected chi connectivity index (χ4v) is 3.15. The van der Waals surface area contributed by atoms with Gasteiger partial charge in [0.25, 0.3) is 0 Å². The van der Waals surface area contributed by atoms with Crippen LogP contribution in [0.3, 0.4) is 0 Å². The van der Waals surface area contributed by atoms with Crippen LogP contribution in [0, 0.1) is 5.41 Å². The van der Waals surface area contributed by atoms with Crippen molar-refractivity contribution in [2.75, 3.05) is 34.2 Å². The lowest BCUT2D eigenvalue weighted by atomic mass is 9.84.